The highest BCUT2D eigenvalue weighted by atomic mass is 16.5. The second-order valence-corrected chi connectivity index (χ2v) is 7.27. The average Bonchev–Trinajstić information content (AvgIpc) is 3.07. The van der Waals surface area contributed by atoms with Crippen LogP contribution in [0, 0.1) is 0 Å². The molecule has 0 saturated carbocycles. The summed E-state index contributed by atoms with van der Waals surface area (Å²) >= 11 is 0. The second-order valence-electron chi connectivity index (χ2n) is 7.27. The molecule has 134 valence electrons. The molecule has 2 aromatic rings. The fourth-order valence-corrected chi connectivity index (χ4v) is 2.62. The highest BCUT2D eigenvalue weighted by molar-refractivity contribution is 5.94. The van der Waals surface area contributed by atoms with Gasteiger partial charge < -0.3 is 14.2 Å². The van der Waals surface area contributed by atoms with Crippen molar-refractivity contribution >= 4 is 5.91 Å². The van der Waals surface area contributed by atoms with Crippen LogP contribution in [0.5, 0.6) is 0 Å². The van der Waals surface area contributed by atoms with Crippen molar-refractivity contribution in [2.45, 2.75) is 32.3 Å². The van der Waals surface area contributed by atoms with Gasteiger partial charge in [-0.25, -0.2) is 4.98 Å². The fraction of sp³-hybridized carbons (Fsp3) is 0.529. The Hall–Kier alpha value is -2.48. The molecule has 3 rings (SSSR count). The van der Waals surface area contributed by atoms with Crippen molar-refractivity contribution in [2.24, 2.45) is 7.05 Å². The topological polar surface area (TPSA) is 93.1 Å². The van der Waals surface area contributed by atoms with Gasteiger partial charge in [-0.05, 0) is 6.07 Å². The van der Waals surface area contributed by atoms with Crippen LogP contribution in [0.15, 0.2) is 23.1 Å². The molecular formula is C17H23N5O3. The number of nitrogens with one attached hydrogen (secondary N) is 1. The van der Waals surface area contributed by atoms with E-state index in [1.807, 2.05) is 20.8 Å². The highest BCUT2D eigenvalue weighted by Gasteiger charge is 2.30. The third-order valence-electron chi connectivity index (χ3n) is 4.18. The molecule has 0 bridgehead atoms. The molecule has 1 fully saturated rings. The van der Waals surface area contributed by atoms with Crippen molar-refractivity contribution in [3.8, 4) is 0 Å². The molecule has 0 aromatic carbocycles. The first-order valence-electron chi connectivity index (χ1n) is 8.26. The summed E-state index contributed by atoms with van der Waals surface area (Å²) in [6.07, 6.45) is 1.24. The lowest BCUT2D eigenvalue weighted by Gasteiger charge is -2.32. The van der Waals surface area contributed by atoms with Gasteiger partial charge in [0.2, 0.25) is 0 Å². The smallest absolute Gasteiger partial charge is 0.254 e. The summed E-state index contributed by atoms with van der Waals surface area (Å²) in [5.41, 5.74) is 0.0145. The maximum Gasteiger partial charge on any atom is 0.254 e. The summed E-state index contributed by atoms with van der Waals surface area (Å²) in [5, 5.41) is 7.17. The largest absolute Gasteiger partial charge is 0.367 e. The number of carbonyl (C=O) groups is 1. The van der Waals surface area contributed by atoms with Crippen molar-refractivity contribution in [1.29, 1.82) is 0 Å². The number of hydrogen-bond acceptors (Lipinski definition) is 5. The molecule has 0 aliphatic carbocycles. The van der Waals surface area contributed by atoms with Gasteiger partial charge in [0.05, 0.1) is 13.2 Å². The molecule has 1 N–H and O–H groups in total. The van der Waals surface area contributed by atoms with Crippen molar-refractivity contribution in [3.63, 3.8) is 0 Å². The van der Waals surface area contributed by atoms with E-state index in [0.717, 1.165) is 0 Å². The van der Waals surface area contributed by atoms with Crippen molar-refractivity contribution in [3.05, 3.63) is 45.9 Å². The Labute approximate surface area is 145 Å². The summed E-state index contributed by atoms with van der Waals surface area (Å²) in [7, 11) is 1.65. The summed E-state index contributed by atoms with van der Waals surface area (Å²) in [6.45, 7) is 7.36. The third-order valence-corrected chi connectivity index (χ3v) is 4.18. The molecule has 2 aromatic heterocycles. The van der Waals surface area contributed by atoms with E-state index >= 15 is 0 Å². The van der Waals surface area contributed by atoms with Crippen LogP contribution in [0.3, 0.4) is 0 Å². The number of aryl methyl sites for hydroxylation is 1. The molecule has 1 atom stereocenters. The van der Waals surface area contributed by atoms with Crippen LogP contribution in [0.2, 0.25) is 0 Å². The maximum absolute atomic E-state index is 12.7. The van der Waals surface area contributed by atoms with Crippen molar-refractivity contribution in [1.82, 2.24) is 24.6 Å². The number of aromatic nitrogens is 4. The Morgan fingerprint density at radius 3 is 2.80 bits per heavy atom. The van der Waals surface area contributed by atoms with E-state index in [1.54, 1.807) is 24.2 Å². The van der Waals surface area contributed by atoms with E-state index in [9.17, 15) is 9.59 Å². The molecule has 0 unspecified atom stereocenters. The number of hydrogen-bond donors (Lipinski definition) is 1. The number of H-pyrrole nitrogens is 1. The molecule has 0 radical (unpaired) electrons. The molecule has 1 amide bonds. The lowest BCUT2D eigenvalue weighted by atomic mass is 9.96. The van der Waals surface area contributed by atoms with Crippen LogP contribution in [0.4, 0.5) is 0 Å². The Bertz CT molecular complexity index is 833. The monoisotopic (exact) mass is 345 g/mol. The zero-order chi connectivity index (χ0) is 18.2. The quantitative estimate of drug-likeness (QED) is 0.877. The molecular weight excluding hydrogens is 322 g/mol. The Morgan fingerprint density at radius 1 is 1.40 bits per heavy atom. The van der Waals surface area contributed by atoms with Gasteiger partial charge in [-0.2, -0.15) is 5.10 Å². The van der Waals surface area contributed by atoms with E-state index < -0.39 is 0 Å². The number of rotatable bonds is 2. The van der Waals surface area contributed by atoms with Crippen LogP contribution in [0.25, 0.3) is 0 Å². The molecule has 8 nitrogen and oxygen atoms in total. The number of aromatic amines is 1. The van der Waals surface area contributed by atoms with E-state index in [0.29, 0.717) is 36.9 Å². The van der Waals surface area contributed by atoms with Gasteiger partial charge in [-0.1, -0.05) is 20.8 Å². The summed E-state index contributed by atoms with van der Waals surface area (Å²) < 4.78 is 7.19. The van der Waals surface area contributed by atoms with Crippen LogP contribution in [-0.4, -0.2) is 50.3 Å². The Balaban J connectivity index is 1.76. The predicted octanol–water partition coefficient (Wildman–Crippen LogP) is 1.01. The maximum atomic E-state index is 12.7. The van der Waals surface area contributed by atoms with Crippen molar-refractivity contribution < 1.29 is 9.53 Å². The van der Waals surface area contributed by atoms with Crippen LogP contribution >= 0.6 is 0 Å². The first-order chi connectivity index (χ1) is 11.8. The number of ether oxygens (including phenoxy) is 1. The predicted molar refractivity (Wildman–Crippen MR) is 91.4 cm³/mol. The van der Waals surface area contributed by atoms with Crippen LogP contribution in [0.1, 0.15) is 48.9 Å². The second kappa shape index (κ2) is 6.44. The van der Waals surface area contributed by atoms with E-state index in [2.05, 4.69) is 15.2 Å². The van der Waals surface area contributed by atoms with E-state index in [4.69, 9.17) is 4.74 Å². The van der Waals surface area contributed by atoms with Gasteiger partial charge in [0.25, 0.3) is 11.5 Å². The molecule has 3 heterocycles. The average molecular weight is 345 g/mol. The molecule has 1 saturated heterocycles. The zero-order valence-corrected chi connectivity index (χ0v) is 14.9. The summed E-state index contributed by atoms with van der Waals surface area (Å²) in [4.78, 5) is 30.6. The highest BCUT2D eigenvalue weighted by Crippen LogP contribution is 2.23. The molecule has 8 heteroatoms. The number of amides is 1. The molecule has 0 spiro atoms. The van der Waals surface area contributed by atoms with E-state index in [-0.39, 0.29) is 23.0 Å². The molecule has 1 aliphatic heterocycles. The van der Waals surface area contributed by atoms with Gasteiger partial charge in [-0.3, -0.25) is 14.7 Å². The number of morpholine rings is 1. The minimum atomic E-state index is -0.354. The summed E-state index contributed by atoms with van der Waals surface area (Å²) in [6, 6.07) is 3.01. The molecule has 1 aliphatic rings. The lowest BCUT2D eigenvalue weighted by molar-refractivity contribution is -0.0267. The minimum Gasteiger partial charge on any atom is -0.367 e. The number of carbonyl (C=O) groups excluding carboxylic acids is 1. The van der Waals surface area contributed by atoms with E-state index in [1.165, 1.54) is 10.6 Å². The normalized spacial score (nSPS) is 18.4. The first kappa shape index (κ1) is 17.3. The lowest BCUT2D eigenvalue weighted by Crippen LogP contribution is -2.42. The molecule has 25 heavy (non-hydrogen) atoms. The SMILES string of the molecule is Cn1ccc(C(=O)N2CCO[C@@H](c3nc(C(C)(C)C)n[nH]3)C2)cc1=O. The van der Waals surface area contributed by atoms with Gasteiger partial charge in [0.15, 0.2) is 11.6 Å². The van der Waals surface area contributed by atoms with Gasteiger partial charge in [0.1, 0.15) is 6.10 Å². The minimum absolute atomic E-state index is 0.164. The Kier molecular flexibility index (Phi) is 4.47. The van der Waals surface area contributed by atoms with Gasteiger partial charge in [0, 0.05) is 36.8 Å². The van der Waals surface area contributed by atoms with Gasteiger partial charge in [-0.15, -0.1) is 0 Å². The third kappa shape index (κ3) is 3.63. The zero-order valence-electron chi connectivity index (χ0n) is 14.9. The number of nitrogens with zero attached hydrogens (tertiary/aromatic N) is 4. The van der Waals surface area contributed by atoms with Crippen LogP contribution in [-0.2, 0) is 17.2 Å². The fourth-order valence-electron chi connectivity index (χ4n) is 2.62. The Morgan fingerprint density at radius 2 is 2.16 bits per heavy atom. The standard InChI is InChI=1S/C17H23N5O3/c1-17(2,3)16-18-14(19-20-16)12-10-22(7-8-25-12)15(24)11-5-6-21(4)13(23)9-11/h5-6,9,12H,7-8,10H2,1-4H3,(H,18,19,20)/t12-/m1/s1. The van der Waals surface area contributed by atoms with Crippen molar-refractivity contribution in [2.75, 3.05) is 19.7 Å². The van der Waals surface area contributed by atoms with Gasteiger partial charge >= 0.3 is 0 Å². The van der Waals surface area contributed by atoms with Crippen LogP contribution < -0.4 is 5.56 Å². The first-order valence-corrected chi connectivity index (χ1v) is 8.26. The number of pyridine rings is 1. The summed E-state index contributed by atoms with van der Waals surface area (Å²) in [5.74, 6) is 1.15.